The lowest BCUT2D eigenvalue weighted by Gasteiger charge is -2.23. The highest BCUT2D eigenvalue weighted by Gasteiger charge is 2.16. The predicted octanol–water partition coefficient (Wildman–Crippen LogP) is 4.96. The number of benzene rings is 2. The number of pyridine rings is 1. The molecule has 1 aliphatic heterocycles. The van der Waals surface area contributed by atoms with Gasteiger partial charge in [0.15, 0.2) is 0 Å². The van der Waals surface area contributed by atoms with Gasteiger partial charge >= 0.3 is 0 Å². The van der Waals surface area contributed by atoms with Crippen LogP contribution in [0.3, 0.4) is 0 Å². The largest absolute Gasteiger partial charge is 0.351 e. The van der Waals surface area contributed by atoms with Gasteiger partial charge in [-0.2, -0.15) is 0 Å². The van der Waals surface area contributed by atoms with Gasteiger partial charge in [-0.1, -0.05) is 29.8 Å². The van der Waals surface area contributed by atoms with Crippen LogP contribution in [0, 0.1) is 13.8 Å². The van der Waals surface area contributed by atoms with Crippen molar-refractivity contribution in [3.63, 3.8) is 0 Å². The fraction of sp³-hybridized carbons (Fsp3) is 0.250. The van der Waals surface area contributed by atoms with E-state index in [1.165, 1.54) is 27.0 Å². The molecule has 0 N–H and O–H groups in total. The molecular formula is C20H20N2S. The normalized spacial score (nSPS) is 14.6. The molecule has 0 atom stereocenters. The molecule has 2 nitrogen and oxygen atoms in total. The molecule has 3 aromatic rings. The summed E-state index contributed by atoms with van der Waals surface area (Å²) in [6.07, 6.45) is 0. The Morgan fingerprint density at radius 1 is 1.04 bits per heavy atom. The van der Waals surface area contributed by atoms with Gasteiger partial charge in [-0.15, -0.1) is 11.8 Å². The van der Waals surface area contributed by atoms with E-state index < -0.39 is 0 Å². The maximum Gasteiger partial charge on any atom is 0.129 e. The van der Waals surface area contributed by atoms with Crippen LogP contribution in [-0.2, 0) is 6.54 Å². The van der Waals surface area contributed by atoms with Gasteiger partial charge in [-0.05, 0) is 49.2 Å². The first-order valence-electron chi connectivity index (χ1n) is 8.04. The number of hydrogen-bond donors (Lipinski definition) is 0. The summed E-state index contributed by atoms with van der Waals surface area (Å²) < 4.78 is 0. The molecule has 116 valence electrons. The molecule has 0 spiro atoms. The minimum atomic E-state index is 0.937. The van der Waals surface area contributed by atoms with E-state index in [2.05, 4.69) is 67.3 Å². The number of fused-ring (bicyclic) bond motifs is 2. The van der Waals surface area contributed by atoms with Crippen molar-refractivity contribution < 1.29 is 0 Å². The van der Waals surface area contributed by atoms with Crippen LogP contribution in [0.2, 0.25) is 0 Å². The molecule has 0 amide bonds. The number of thioether (sulfide) groups is 1. The molecule has 2 heterocycles. The van der Waals surface area contributed by atoms with Gasteiger partial charge in [-0.3, -0.25) is 0 Å². The molecule has 4 rings (SSSR count). The fourth-order valence-electron chi connectivity index (χ4n) is 3.17. The van der Waals surface area contributed by atoms with E-state index in [0.29, 0.717) is 0 Å². The van der Waals surface area contributed by atoms with Gasteiger partial charge in [0.1, 0.15) is 5.82 Å². The molecule has 0 saturated heterocycles. The van der Waals surface area contributed by atoms with E-state index in [1.807, 2.05) is 11.8 Å². The maximum atomic E-state index is 4.93. The van der Waals surface area contributed by atoms with E-state index in [1.54, 1.807) is 0 Å². The summed E-state index contributed by atoms with van der Waals surface area (Å²) in [6, 6.07) is 17.5. The average Bonchev–Trinajstić information content (AvgIpc) is 2.77. The van der Waals surface area contributed by atoms with Gasteiger partial charge in [0.05, 0.1) is 5.52 Å². The Kier molecular flexibility index (Phi) is 3.74. The van der Waals surface area contributed by atoms with Crippen LogP contribution in [0.15, 0.2) is 53.4 Å². The Labute approximate surface area is 141 Å². The van der Waals surface area contributed by atoms with Crippen molar-refractivity contribution >= 4 is 28.5 Å². The SMILES string of the molecule is Cc1ccc2nc(N3CCSc4ccccc4C3)cc(C)c2c1. The monoisotopic (exact) mass is 320 g/mol. The predicted molar refractivity (Wildman–Crippen MR) is 99.4 cm³/mol. The number of nitrogens with zero attached hydrogens (tertiary/aromatic N) is 2. The molecule has 1 aliphatic rings. The molecule has 0 bridgehead atoms. The third kappa shape index (κ3) is 2.81. The lowest BCUT2D eigenvalue weighted by atomic mass is 10.1. The quantitative estimate of drug-likeness (QED) is 0.630. The third-order valence-corrected chi connectivity index (χ3v) is 5.53. The first-order valence-corrected chi connectivity index (χ1v) is 9.03. The van der Waals surface area contributed by atoms with Crippen molar-refractivity contribution in [2.24, 2.45) is 0 Å². The Morgan fingerprint density at radius 3 is 2.83 bits per heavy atom. The van der Waals surface area contributed by atoms with Gasteiger partial charge < -0.3 is 4.90 Å². The van der Waals surface area contributed by atoms with Crippen molar-refractivity contribution in [3.05, 3.63) is 65.2 Å². The molecule has 3 heteroatoms. The number of rotatable bonds is 1. The Hall–Kier alpha value is -2.00. The molecule has 23 heavy (non-hydrogen) atoms. The highest BCUT2D eigenvalue weighted by atomic mass is 32.2. The number of aryl methyl sites for hydroxylation is 2. The van der Waals surface area contributed by atoms with Gasteiger partial charge in [0.25, 0.3) is 0 Å². The lowest BCUT2D eigenvalue weighted by Crippen LogP contribution is -2.25. The van der Waals surface area contributed by atoms with Crippen LogP contribution in [0.5, 0.6) is 0 Å². The summed E-state index contributed by atoms with van der Waals surface area (Å²) in [5.74, 6) is 2.19. The highest BCUT2D eigenvalue weighted by Crippen LogP contribution is 2.30. The zero-order valence-electron chi connectivity index (χ0n) is 13.5. The minimum Gasteiger partial charge on any atom is -0.351 e. The van der Waals surface area contributed by atoms with Crippen molar-refractivity contribution in [3.8, 4) is 0 Å². The van der Waals surface area contributed by atoms with E-state index in [4.69, 9.17) is 4.98 Å². The second kappa shape index (κ2) is 5.89. The standard InChI is InChI=1S/C20H20N2S/c1-14-7-8-18-17(11-14)15(2)12-20(21-18)22-9-10-23-19-6-4-3-5-16(19)13-22/h3-8,11-12H,9-10,13H2,1-2H3. The molecule has 0 radical (unpaired) electrons. The molecule has 0 aliphatic carbocycles. The Bertz CT molecular complexity index is 873. The van der Waals surface area contributed by atoms with E-state index in [-0.39, 0.29) is 0 Å². The summed E-state index contributed by atoms with van der Waals surface area (Å²) in [5.41, 5.74) is 5.09. The van der Waals surface area contributed by atoms with Crippen LogP contribution in [0.1, 0.15) is 16.7 Å². The van der Waals surface area contributed by atoms with E-state index in [0.717, 1.165) is 30.2 Å². The number of hydrogen-bond acceptors (Lipinski definition) is 3. The van der Waals surface area contributed by atoms with Crippen LogP contribution in [0.4, 0.5) is 5.82 Å². The van der Waals surface area contributed by atoms with Crippen LogP contribution in [-0.4, -0.2) is 17.3 Å². The molecule has 2 aromatic carbocycles. The Balaban J connectivity index is 1.75. The van der Waals surface area contributed by atoms with Crippen LogP contribution >= 0.6 is 11.8 Å². The maximum absolute atomic E-state index is 4.93. The summed E-state index contributed by atoms with van der Waals surface area (Å²) in [6.45, 7) is 6.29. The van der Waals surface area contributed by atoms with Crippen molar-refractivity contribution in [1.82, 2.24) is 4.98 Å². The van der Waals surface area contributed by atoms with Crippen molar-refractivity contribution in [2.75, 3.05) is 17.2 Å². The summed E-state index contributed by atoms with van der Waals surface area (Å²) in [5, 5.41) is 1.26. The van der Waals surface area contributed by atoms with Gasteiger partial charge in [-0.25, -0.2) is 4.98 Å². The lowest BCUT2D eigenvalue weighted by molar-refractivity contribution is 0.820. The minimum absolute atomic E-state index is 0.937. The zero-order chi connectivity index (χ0) is 15.8. The van der Waals surface area contributed by atoms with Crippen molar-refractivity contribution in [1.29, 1.82) is 0 Å². The van der Waals surface area contributed by atoms with E-state index >= 15 is 0 Å². The third-order valence-electron chi connectivity index (χ3n) is 4.43. The summed E-state index contributed by atoms with van der Waals surface area (Å²) in [7, 11) is 0. The molecular weight excluding hydrogens is 300 g/mol. The van der Waals surface area contributed by atoms with Gasteiger partial charge in [0, 0.05) is 29.1 Å². The van der Waals surface area contributed by atoms with Crippen LogP contribution < -0.4 is 4.90 Å². The Morgan fingerprint density at radius 2 is 1.91 bits per heavy atom. The molecule has 0 fully saturated rings. The first kappa shape index (κ1) is 14.6. The molecule has 0 unspecified atom stereocenters. The topological polar surface area (TPSA) is 16.1 Å². The summed E-state index contributed by atoms with van der Waals surface area (Å²) in [4.78, 5) is 8.75. The summed E-state index contributed by atoms with van der Waals surface area (Å²) >= 11 is 1.95. The van der Waals surface area contributed by atoms with Gasteiger partial charge in [0.2, 0.25) is 0 Å². The second-order valence-corrected chi connectivity index (χ2v) is 7.33. The first-order chi connectivity index (χ1) is 11.2. The number of aromatic nitrogens is 1. The second-order valence-electron chi connectivity index (χ2n) is 6.20. The van der Waals surface area contributed by atoms with Crippen LogP contribution in [0.25, 0.3) is 10.9 Å². The highest BCUT2D eigenvalue weighted by molar-refractivity contribution is 7.99. The fourth-order valence-corrected chi connectivity index (χ4v) is 4.20. The smallest absolute Gasteiger partial charge is 0.129 e. The average molecular weight is 320 g/mol. The van der Waals surface area contributed by atoms with E-state index in [9.17, 15) is 0 Å². The number of anilines is 1. The molecule has 1 aromatic heterocycles. The zero-order valence-corrected chi connectivity index (χ0v) is 14.4. The van der Waals surface area contributed by atoms with Crippen molar-refractivity contribution in [2.45, 2.75) is 25.3 Å². The molecule has 0 saturated carbocycles.